The van der Waals surface area contributed by atoms with Gasteiger partial charge in [0, 0.05) is 11.3 Å². The summed E-state index contributed by atoms with van der Waals surface area (Å²) in [5.74, 6) is -0.977. The third-order valence-corrected chi connectivity index (χ3v) is 6.40. The Bertz CT molecular complexity index is 1540. The Morgan fingerprint density at radius 3 is 2.44 bits per heavy atom. The molecule has 0 fully saturated rings. The third kappa shape index (κ3) is 7.49. The molecular formula is C28H23F3N2O5S. The Morgan fingerprint density at radius 1 is 1.10 bits per heavy atom. The zero-order chi connectivity index (χ0) is 28.6. The second-order valence-electron chi connectivity index (χ2n) is 7.99. The lowest BCUT2D eigenvalue weighted by Gasteiger charge is -2.16. The van der Waals surface area contributed by atoms with Crippen molar-refractivity contribution in [2.24, 2.45) is 0 Å². The predicted molar refractivity (Wildman–Crippen MR) is 139 cm³/mol. The molecule has 0 spiro atoms. The molecule has 0 aliphatic carbocycles. The highest BCUT2D eigenvalue weighted by molar-refractivity contribution is 7.87. The van der Waals surface area contributed by atoms with Crippen LogP contribution in [0.4, 0.5) is 18.9 Å². The lowest BCUT2D eigenvalue weighted by molar-refractivity contribution is -0.137. The summed E-state index contributed by atoms with van der Waals surface area (Å²) in [6.45, 7) is 5.49. The molecule has 0 saturated heterocycles. The number of ether oxygens (including phenoxy) is 1. The molecule has 0 radical (unpaired) electrons. The molecule has 3 aromatic rings. The van der Waals surface area contributed by atoms with E-state index in [2.05, 4.69) is 11.9 Å². The number of amides is 1. The Labute approximate surface area is 223 Å². The van der Waals surface area contributed by atoms with Gasteiger partial charge in [0.2, 0.25) is 0 Å². The number of nitriles is 1. The van der Waals surface area contributed by atoms with Gasteiger partial charge in [0.05, 0.1) is 12.2 Å². The van der Waals surface area contributed by atoms with Crippen molar-refractivity contribution in [3.8, 4) is 17.6 Å². The number of nitrogens with zero attached hydrogens (tertiary/aromatic N) is 1. The molecule has 0 aromatic heterocycles. The second-order valence-corrected chi connectivity index (χ2v) is 9.53. The number of halogens is 3. The first-order valence-corrected chi connectivity index (χ1v) is 12.9. The molecule has 0 atom stereocenters. The van der Waals surface area contributed by atoms with Crippen LogP contribution in [-0.2, 0) is 27.5 Å². The number of anilines is 1. The summed E-state index contributed by atoms with van der Waals surface area (Å²) in [7, 11) is -4.22. The Kier molecular flexibility index (Phi) is 9.16. The standard InChI is InChI=1S/C28H23F3N2O5S/c1-3-9-20-14-19(15-21(18-32)27(34)33-23-11-8-10-22(17-23)28(29,30)31)16-25(37-4-2)26(20)38-39(35,36)24-12-6-5-7-13-24/h3,5-8,10-17H,1,4,9H2,2H3,(H,33,34)/b21-15+. The second kappa shape index (κ2) is 12.3. The van der Waals surface area contributed by atoms with Crippen LogP contribution in [0.3, 0.4) is 0 Å². The number of carbonyl (C=O) groups excluding carboxylic acids is 1. The topological polar surface area (TPSA) is 105 Å². The highest BCUT2D eigenvalue weighted by Crippen LogP contribution is 2.37. The van der Waals surface area contributed by atoms with Crippen LogP contribution >= 0.6 is 0 Å². The molecule has 0 aliphatic heterocycles. The van der Waals surface area contributed by atoms with E-state index in [0.717, 1.165) is 18.2 Å². The Morgan fingerprint density at radius 2 is 1.82 bits per heavy atom. The predicted octanol–water partition coefficient (Wildman–Crippen LogP) is 6.15. The molecule has 3 aromatic carbocycles. The summed E-state index contributed by atoms with van der Waals surface area (Å²) in [6, 6.07) is 16.1. The van der Waals surface area contributed by atoms with Gasteiger partial charge >= 0.3 is 16.3 Å². The number of nitrogens with one attached hydrogen (secondary N) is 1. The van der Waals surface area contributed by atoms with Crippen LogP contribution in [-0.4, -0.2) is 20.9 Å². The number of alkyl halides is 3. The summed E-state index contributed by atoms with van der Waals surface area (Å²) in [5.41, 5.74) is -0.884. The van der Waals surface area contributed by atoms with Crippen LogP contribution in [0.2, 0.25) is 0 Å². The average molecular weight is 557 g/mol. The number of benzene rings is 3. The van der Waals surface area contributed by atoms with Crippen molar-refractivity contribution >= 4 is 27.8 Å². The largest absolute Gasteiger partial charge is 0.490 e. The van der Waals surface area contributed by atoms with Crippen LogP contribution in [0.5, 0.6) is 11.5 Å². The molecule has 0 unspecified atom stereocenters. The van der Waals surface area contributed by atoms with Crippen LogP contribution in [0.25, 0.3) is 6.08 Å². The first-order valence-electron chi connectivity index (χ1n) is 11.5. The highest BCUT2D eigenvalue weighted by atomic mass is 32.2. The summed E-state index contributed by atoms with van der Waals surface area (Å²) in [5, 5.41) is 11.9. The molecule has 0 heterocycles. The van der Waals surface area contributed by atoms with Crippen LogP contribution in [0.15, 0.2) is 89.9 Å². The van der Waals surface area contributed by atoms with E-state index >= 15 is 0 Å². The zero-order valence-electron chi connectivity index (χ0n) is 20.7. The fourth-order valence-electron chi connectivity index (χ4n) is 3.46. The monoisotopic (exact) mass is 556 g/mol. The Hall–Kier alpha value is -4.56. The molecule has 202 valence electrons. The quantitative estimate of drug-likeness (QED) is 0.139. The average Bonchev–Trinajstić information content (AvgIpc) is 2.89. The van der Waals surface area contributed by atoms with Gasteiger partial charge < -0.3 is 14.2 Å². The first kappa shape index (κ1) is 29.0. The van der Waals surface area contributed by atoms with Gasteiger partial charge in [-0.15, -0.1) is 6.58 Å². The van der Waals surface area contributed by atoms with Crippen LogP contribution < -0.4 is 14.2 Å². The van der Waals surface area contributed by atoms with Crippen molar-refractivity contribution in [2.45, 2.75) is 24.4 Å². The lowest BCUT2D eigenvalue weighted by atomic mass is 10.0. The molecule has 3 rings (SSSR count). The molecule has 11 heteroatoms. The van der Waals surface area contributed by atoms with Gasteiger partial charge in [-0.3, -0.25) is 4.79 Å². The molecular weight excluding hydrogens is 533 g/mol. The molecule has 39 heavy (non-hydrogen) atoms. The minimum atomic E-state index is -4.61. The fourth-order valence-corrected chi connectivity index (χ4v) is 4.46. The van der Waals surface area contributed by atoms with Gasteiger partial charge in [0.15, 0.2) is 11.5 Å². The van der Waals surface area contributed by atoms with Crippen LogP contribution in [0, 0.1) is 11.3 Å². The number of allylic oxidation sites excluding steroid dienone is 1. The normalized spacial score (nSPS) is 11.8. The van der Waals surface area contributed by atoms with Crippen molar-refractivity contribution in [2.75, 3.05) is 11.9 Å². The number of rotatable bonds is 10. The third-order valence-electron chi connectivity index (χ3n) is 5.17. The summed E-state index contributed by atoms with van der Waals surface area (Å²) in [4.78, 5) is 12.6. The molecule has 1 N–H and O–H groups in total. The maximum absolute atomic E-state index is 13.0. The molecule has 0 saturated carbocycles. The molecule has 7 nitrogen and oxygen atoms in total. The first-order chi connectivity index (χ1) is 18.5. The van der Waals surface area contributed by atoms with E-state index in [0.29, 0.717) is 5.56 Å². The fraction of sp³-hybridized carbons (Fsp3) is 0.143. The number of hydrogen-bond donors (Lipinski definition) is 1. The van der Waals surface area contributed by atoms with Gasteiger partial charge in [-0.05, 0) is 67.4 Å². The SMILES string of the molecule is C=CCc1cc(/C=C(\C#N)C(=O)Nc2cccc(C(F)(F)F)c2)cc(OCC)c1OS(=O)(=O)c1ccccc1. The van der Waals surface area contributed by atoms with Gasteiger partial charge in [-0.25, -0.2) is 0 Å². The van der Waals surface area contributed by atoms with E-state index in [9.17, 15) is 31.6 Å². The van der Waals surface area contributed by atoms with E-state index < -0.39 is 33.3 Å². The van der Waals surface area contributed by atoms with Crippen LogP contribution in [0.1, 0.15) is 23.6 Å². The van der Waals surface area contributed by atoms with Crippen molar-refractivity contribution < 1.29 is 35.3 Å². The van der Waals surface area contributed by atoms with Crippen molar-refractivity contribution in [1.29, 1.82) is 5.26 Å². The van der Waals surface area contributed by atoms with Crippen molar-refractivity contribution in [3.63, 3.8) is 0 Å². The molecule has 0 bridgehead atoms. The van der Waals surface area contributed by atoms with E-state index in [1.54, 1.807) is 31.2 Å². The Balaban J connectivity index is 2.00. The smallest absolute Gasteiger partial charge is 0.416 e. The van der Waals surface area contributed by atoms with E-state index in [-0.39, 0.29) is 40.7 Å². The summed E-state index contributed by atoms with van der Waals surface area (Å²) in [6.07, 6.45) is -1.75. The molecule has 1 amide bonds. The van der Waals surface area contributed by atoms with E-state index in [1.165, 1.54) is 42.5 Å². The maximum atomic E-state index is 13.0. The number of carbonyl (C=O) groups is 1. The number of hydrogen-bond acceptors (Lipinski definition) is 6. The van der Waals surface area contributed by atoms with Crippen molar-refractivity contribution in [3.05, 3.63) is 102 Å². The van der Waals surface area contributed by atoms with Gasteiger partial charge in [0.25, 0.3) is 5.91 Å². The van der Waals surface area contributed by atoms with Gasteiger partial charge in [-0.2, -0.15) is 26.9 Å². The zero-order valence-corrected chi connectivity index (χ0v) is 21.5. The molecule has 0 aliphatic rings. The maximum Gasteiger partial charge on any atom is 0.416 e. The summed E-state index contributed by atoms with van der Waals surface area (Å²) < 4.78 is 75.9. The minimum absolute atomic E-state index is 0.0400. The van der Waals surface area contributed by atoms with E-state index in [4.69, 9.17) is 8.92 Å². The highest BCUT2D eigenvalue weighted by Gasteiger charge is 2.30. The van der Waals surface area contributed by atoms with Crippen molar-refractivity contribution in [1.82, 2.24) is 0 Å². The lowest BCUT2D eigenvalue weighted by Crippen LogP contribution is -2.14. The van der Waals surface area contributed by atoms with Gasteiger partial charge in [0.1, 0.15) is 16.5 Å². The van der Waals surface area contributed by atoms with E-state index in [1.807, 2.05) is 0 Å². The van der Waals surface area contributed by atoms with Gasteiger partial charge in [-0.1, -0.05) is 30.3 Å². The minimum Gasteiger partial charge on any atom is -0.490 e. The summed E-state index contributed by atoms with van der Waals surface area (Å²) >= 11 is 0.